The summed E-state index contributed by atoms with van der Waals surface area (Å²) in [4.78, 5) is 23.7. The molecule has 0 bridgehead atoms. The summed E-state index contributed by atoms with van der Waals surface area (Å²) < 4.78 is 0. The molecule has 8 heteroatoms. The number of allylic oxidation sites excluding steroid dienone is 2. The van der Waals surface area contributed by atoms with Gasteiger partial charge in [-0.2, -0.15) is 0 Å². The first kappa shape index (κ1) is 70.2. The maximum Gasteiger partial charge on any atom is 0.193 e. The zero-order valence-corrected chi connectivity index (χ0v) is 54.3. The Labute approximate surface area is 548 Å². The number of hydrogen-bond acceptors (Lipinski definition) is 5. The molecule has 86 heavy (non-hydrogen) atoms. The Bertz CT molecular complexity index is 2790. The molecule has 0 atom stereocenters. The van der Waals surface area contributed by atoms with E-state index in [4.69, 9.17) is 5.11 Å². The van der Waals surface area contributed by atoms with Crippen molar-refractivity contribution in [2.45, 2.75) is 193 Å². The predicted molar refractivity (Wildman–Crippen MR) is 344 cm³/mol. The topological polar surface area (TPSA) is 94.8 Å². The molecule has 6 fully saturated rings. The van der Waals surface area contributed by atoms with Gasteiger partial charge >= 0.3 is 0 Å². The number of benzene rings is 6. The molecule has 0 aliphatic heterocycles. The van der Waals surface area contributed by atoms with E-state index in [1.54, 1.807) is 35.4 Å². The number of phenolic OH excluding ortho intramolecular Hbond substituents is 3. The SMILES string of the molecule is O=C(CCC1CCCC1)C1CCCC1.O=C(c1ccccc1)c1ccc(O)cc1.Oc1ccc(/C(=C(/CCC2CCCC2)C2CCCC2)c2ccccc2)cc1.Oc1ccc(/C(=C(\CCC2CCCC2)C2CCCC2)c2ccccc2)cc1.[Fe].[Fe].[Fe]. The van der Waals surface area contributed by atoms with Crippen molar-refractivity contribution >= 4 is 22.7 Å². The van der Waals surface area contributed by atoms with Gasteiger partial charge in [0.05, 0.1) is 0 Å². The van der Waals surface area contributed by atoms with Crippen LogP contribution in [0, 0.1) is 35.5 Å². The van der Waals surface area contributed by atoms with Crippen LogP contribution in [0.15, 0.2) is 175 Å². The summed E-state index contributed by atoms with van der Waals surface area (Å²) >= 11 is 0. The molecular formula is C78H96Fe3O5. The van der Waals surface area contributed by atoms with E-state index in [9.17, 15) is 19.8 Å². The van der Waals surface area contributed by atoms with E-state index in [-0.39, 0.29) is 62.7 Å². The summed E-state index contributed by atoms with van der Waals surface area (Å²) in [6.07, 6.45) is 40.0. The monoisotopic (exact) mass is 1280 g/mol. The van der Waals surface area contributed by atoms with E-state index in [0.717, 1.165) is 36.0 Å². The van der Waals surface area contributed by atoms with Gasteiger partial charge in [0.1, 0.15) is 23.0 Å². The second-order valence-electron chi connectivity index (χ2n) is 25.3. The third kappa shape index (κ3) is 21.4. The van der Waals surface area contributed by atoms with Crippen LogP contribution in [0.1, 0.15) is 231 Å². The Kier molecular flexibility index (Phi) is 30.9. The third-order valence-corrected chi connectivity index (χ3v) is 19.6. The maximum atomic E-state index is 11.9. The Balaban J connectivity index is 0.000000189. The number of carbonyl (C=O) groups is 2. The molecule has 12 rings (SSSR count). The summed E-state index contributed by atoms with van der Waals surface area (Å²) in [5, 5.41) is 28.7. The van der Waals surface area contributed by atoms with Crippen LogP contribution in [0.4, 0.5) is 0 Å². The second-order valence-corrected chi connectivity index (χ2v) is 25.3. The number of rotatable bonds is 18. The van der Waals surface area contributed by atoms with Gasteiger partial charge in [-0.1, -0.05) is 242 Å². The average molecular weight is 1280 g/mol. The van der Waals surface area contributed by atoms with Crippen LogP contribution in [-0.2, 0) is 56.0 Å². The van der Waals surface area contributed by atoms with Crippen LogP contribution in [0.2, 0.25) is 0 Å². The zero-order chi connectivity index (χ0) is 57.4. The largest absolute Gasteiger partial charge is 0.508 e. The van der Waals surface area contributed by atoms with Gasteiger partial charge in [0.15, 0.2) is 5.78 Å². The molecule has 0 radical (unpaired) electrons. The van der Waals surface area contributed by atoms with E-state index >= 15 is 0 Å². The first-order valence-corrected chi connectivity index (χ1v) is 32.8. The van der Waals surface area contributed by atoms with Crippen molar-refractivity contribution in [3.8, 4) is 17.2 Å². The molecule has 6 aromatic rings. The predicted octanol–water partition coefficient (Wildman–Crippen LogP) is 21.0. The van der Waals surface area contributed by atoms with Crippen LogP contribution >= 0.6 is 0 Å². The fourth-order valence-electron chi connectivity index (χ4n) is 14.9. The molecule has 0 spiro atoms. The van der Waals surface area contributed by atoms with Crippen molar-refractivity contribution in [1.29, 1.82) is 0 Å². The third-order valence-electron chi connectivity index (χ3n) is 19.6. The molecule has 0 unspecified atom stereocenters. The number of hydrogen-bond donors (Lipinski definition) is 3. The summed E-state index contributed by atoms with van der Waals surface area (Å²) in [5.41, 5.74) is 12.6. The molecule has 3 N–H and O–H groups in total. The standard InChI is InChI=1S/2C26H32O.C13H10O2.C13H22O.3Fe/c2*27-24-17-15-23(16-18-24)26(22-12-2-1-3-13-22)25(21-10-6-7-11-21)19-14-20-8-4-5-9-20;14-12-8-6-11(7-9-12)13(15)10-4-2-1-3-5-10;14-13(12-7-3-4-8-12)10-9-11-5-1-2-6-11;;;/h2*1-3,12-13,15-18,20-21,27H,4-11,14,19H2;1-9,14H;11-12H,1-10H2;;;/b26-25+;26-25-;;;;;. The summed E-state index contributed by atoms with van der Waals surface area (Å²) in [6.45, 7) is 0. The van der Waals surface area contributed by atoms with Gasteiger partial charge < -0.3 is 15.3 Å². The van der Waals surface area contributed by atoms with Crippen molar-refractivity contribution in [2.75, 3.05) is 0 Å². The minimum atomic E-state index is -0.0319. The maximum absolute atomic E-state index is 11.9. The van der Waals surface area contributed by atoms with Gasteiger partial charge in [0, 0.05) is 74.7 Å². The van der Waals surface area contributed by atoms with Gasteiger partial charge in [-0.15, -0.1) is 0 Å². The number of aromatic hydroxyl groups is 3. The molecule has 5 nitrogen and oxygen atoms in total. The molecule has 0 amide bonds. The first-order valence-electron chi connectivity index (χ1n) is 32.8. The van der Waals surface area contributed by atoms with E-state index < -0.39 is 0 Å². The van der Waals surface area contributed by atoms with Gasteiger partial charge in [-0.05, 0) is 182 Å². The molecule has 0 aromatic heterocycles. The smallest absolute Gasteiger partial charge is 0.193 e. The van der Waals surface area contributed by atoms with Crippen molar-refractivity contribution in [2.24, 2.45) is 35.5 Å². The number of carbonyl (C=O) groups excluding carboxylic acids is 2. The number of phenols is 3. The van der Waals surface area contributed by atoms with E-state index in [0.29, 0.717) is 34.3 Å². The molecule has 462 valence electrons. The van der Waals surface area contributed by atoms with Gasteiger partial charge in [-0.3, -0.25) is 9.59 Å². The van der Waals surface area contributed by atoms with Crippen LogP contribution in [0.5, 0.6) is 17.2 Å². The van der Waals surface area contributed by atoms with Crippen LogP contribution in [0.3, 0.4) is 0 Å². The van der Waals surface area contributed by atoms with Crippen LogP contribution in [0.25, 0.3) is 11.1 Å². The van der Waals surface area contributed by atoms with Crippen LogP contribution < -0.4 is 0 Å². The molecule has 6 saturated carbocycles. The quantitative estimate of drug-likeness (QED) is 0.0589. The van der Waals surface area contributed by atoms with E-state index in [2.05, 4.69) is 84.9 Å². The Morgan fingerprint density at radius 2 is 0.535 bits per heavy atom. The minimum Gasteiger partial charge on any atom is -0.508 e. The molecule has 6 aliphatic carbocycles. The van der Waals surface area contributed by atoms with Gasteiger partial charge in [0.25, 0.3) is 0 Å². The number of ketones is 2. The van der Waals surface area contributed by atoms with Crippen molar-refractivity contribution in [3.63, 3.8) is 0 Å². The summed E-state index contributed by atoms with van der Waals surface area (Å²) in [7, 11) is 0. The molecule has 0 saturated heterocycles. The van der Waals surface area contributed by atoms with Crippen molar-refractivity contribution < 1.29 is 76.1 Å². The minimum absolute atomic E-state index is 0. The Hall–Kier alpha value is -4.90. The summed E-state index contributed by atoms with van der Waals surface area (Å²) in [6, 6.07) is 52.9. The normalized spacial score (nSPS) is 17.9. The second kappa shape index (κ2) is 37.8. The van der Waals surface area contributed by atoms with Crippen molar-refractivity contribution in [1.82, 2.24) is 0 Å². The van der Waals surface area contributed by atoms with Gasteiger partial charge in [-0.25, -0.2) is 0 Å². The fraction of sp³-hybridized carbons (Fsp3) is 0.462. The number of Topliss-reactive ketones (excluding diaryl/α,β-unsaturated/α-hetero) is 1. The fourth-order valence-corrected chi connectivity index (χ4v) is 14.9. The molecular weight excluding hydrogens is 1180 g/mol. The van der Waals surface area contributed by atoms with Crippen molar-refractivity contribution in [3.05, 3.63) is 208 Å². The first-order chi connectivity index (χ1) is 40.8. The van der Waals surface area contributed by atoms with E-state index in [1.807, 2.05) is 42.5 Å². The molecule has 6 aliphatic rings. The summed E-state index contributed by atoms with van der Waals surface area (Å²) in [5.74, 6) is 6.07. The Morgan fingerprint density at radius 1 is 0.291 bits per heavy atom. The average Bonchev–Trinajstić information content (AvgIpc) is 2.62. The van der Waals surface area contributed by atoms with Gasteiger partial charge in [0.2, 0.25) is 0 Å². The van der Waals surface area contributed by atoms with Crippen LogP contribution in [-0.4, -0.2) is 26.9 Å². The molecule has 6 aromatic carbocycles. The zero-order valence-electron chi connectivity index (χ0n) is 51.0. The van der Waals surface area contributed by atoms with E-state index in [1.165, 1.54) is 232 Å². The molecule has 0 heterocycles. The Morgan fingerprint density at radius 3 is 0.860 bits per heavy atom.